The van der Waals surface area contributed by atoms with Gasteiger partial charge >= 0.3 is 29.6 Å². The zero-order chi connectivity index (χ0) is 15.7. The van der Waals surface area contributed by atoms with Crippen molar-refractivity contribution in [3.63, 3.8) is 0 Å². The summed E-state index contributed by atoms with van der Waals surface area (Å²) < 4.78 is 0. The van der Waals surface area contributed by atoms with Crippen molar-refractivity contribution in [2.24, 2.45) is 0 Å². The summed E-state index contributed by atoms with van der Waals surface area (Å²) in [5.41, 5.74) is 2.10. The van der Waals surface area contributed by atoms with E-state index in [9.17, 15) is 19.8 Å². The Bertz CT molecular complexity index is 585. The Balaban J connectivity index is 0.00000242. The first-order valence-electron chi connectivity index (χ1n) is 6.50. The number of nitrogens with one attached hydrogen (secondary N) is 1. The Morgan fingerprint density at radius 1 is 1.50 bits per heavy atom. The van der Waals surface area contributed by atoms with Gasteiger partial charge in [-0.25, -0.2) is 0 Å². The van der Waals surface area contributed by atoms with Gasteiger partial charge in [-0.1, -0.05) is 18.3 Å². The molecule has 0 spiro atoms. The maximum Gasteiger partial charge on any atom is 1.00 e. The summed E-state index contributed by atoms with van der Waals surface area (Å²) in [6.45, 7) is 7.38. The topological polar surface area (TPSA) is 92.7 Å². The predicted octanol–water partition coefficient (Wildman–Crippen LogP) is -3.31. The molecule has 0 bridgehead atoms. The molecule has 0 aliphatic carbocycles. The maximum atomic E-state index is 11.3. The van der Waals surface area contributed by atoms with Crippen LogP contribution >= 0.6 is 11.8 Å². The molecule has 2 N–H and O–H groups in total. The van der Waals surface area contributed by atoms with Crippen molar-refractivity contribution < 1.29 is 49.4 Å². The number of carbonyl (C=O) groups is 2. The fourth-order valence-corrected chi connectivity index (χ4v) is 3.62. The average Bonchev–Trinajstić information content (AvgIpc) is 2.62. The van der Waals surface area contributed by atoms with Gasteiger partial charge in [0.1, 0.15) is 0 Å². The number of rotatable bonds is 5. The molecule has 0 radical (unpaired) electrons. The molecule has 1 atom stereocenters. The van der Waals surface area contributed by atoms with Gasteiger partial charge in [0.2, 0.25) is 5.91 Å². The zero-order valence-electron chi connectivity index (χ0n) is 12.9. The van der Waals surface area contributed by atoms with Gasteiger partial charge in [-0.05, 0) is 18.1 Å². The number of carboxylic acids is 1. The predicted molar refractivity (Wildman–Crippen MR) is 77.5 cm³/mol. The second kappa shape index (κ2) is 7.70. The van der Waals surface area contributed by atoms with Crippen LogP contribution in [0.4, 0.5) is 0 Å². The summed E-state index contributed by atoms with van der Waals surface area (Å²) in [6.07, 6.45) is 0.527. The molecule has 1 fully saturated rings. The molecule has 2 heterocycles. The van der Waals surface area contributed by atoms with E-state index in [2.05, 4.69) is 11.9 Å². The van der Waals surface area contributed by atoms with Gasteiger partial charge in [-0.15, -0.1) is 0 Å². The number of nitrogens with zero attached hydrogens (tertiary/aromatic N) is 1. The molecule has 1 amide bonds. The van der Waals surface area contributed by atoms with E-state index in [-0.39, 0.29) is 53.8 Å². The van der Waals surface area contributed by atoms with Crippen LogP contribution in [0.3, 0.4) is 0 Å². The number of amides is 1. The summed E-state index contributed by atoms with van der Waals surface area (Å²) in [4.78, 5) is 24.7. The van der Waals surface area contributed by atoms with Crippen LogP contribution in [-0.2, 0) is 9.59 Å². The van der Waals surface area contributed by atoms with Gasteiger partial charge in [0, 0.05) is 24.8 Å². The summed E-state index contributed by atoms with van der Waals surface area (Å²) in [5, 5.41) is 23.5. The Labute approximate surface area is 155 Å². The normalized spacial score (nSPS) is 21.6. The van der Waals surface area contributed by atoms with Crippen molar-refractivity contribution in [3.8, 4) is 0 Å². The summed E-state index contributed by atoms with van der Waals surface area (Å²) in [6, 6.07) is -0.0299. The number of aliphatic hydroxyl groups excluding tert-OH is 1. The molecular formula is C14H17N2NaO4S. The second-order valence-corrected chi connectivity index (χ2v) is 6.27. The van der Waals surface area contributed by atoms with Crippen LogP contribution in [0.15, 0.2) is 33.4 Å². The number of carbonyl (C=O) groups excluding carboxylic acids is 2. The molecule has 114 valence electrons. The van der Waals surface area contributed by atoms with Gasteiger partial charge in [0.25, 0.3) is 0 Å². The van der Waals surface area contributed by atoms with Crippen LogP contribution in [0.5, 0.6) is 0 Å². The Kier molecular flexibility index (Phi) is 6.76. The average molecular weight is 332 g/mol. The minimum atomic E-state index is -1.23. The van der Waals surface area contributed by atoms with E-state index in [1.807, 2.05) is 6.92 Å². The minimum absolute atomic E-state index is 0. The first-order valence-corrected chi connectivity index (χ1v) is 7.31. The third-order valence-corrected chi connectivity index (χ3v) is 4.54. The Morgan fingerprint density at radius 3 is 2.64 bits per heavy atom. The van der Waals surface area contributed by atoms with Crippen LogP contribution in [0, 0.1) is 0 Å². The van der Waals surface area contributed by atoms with Crippen LogP contribution in [0.2, 0.25) is 0 Å². The summed E-state index contributed by atoms with van der Waals surface area (Å²) >= 11 is 1.15. The molecule has 22 heavy (non-hydrogen) atoms. The van der Waals surface area contributed by atoms with Gasteiger partial charge < -0.3 is 25.2 Å². The van der Waals surface area contributed by atoms with Gasteiger partial charge in [-0.3, -0.25) is 4.79 Å². The molecule has 1 unspecified atom stereocenters. The third kappa shape index (κ3) is 3.78. The second-order valence-electron chi connectivity index (χ2n) is 5.08. The monoisotopic (exact) mass is 332 g/mol. The first kappa shape index (κ1) is 19.3. The number of hydrogen-bond acceptors (Lipinski definition) is 6. The standard InChI is InChI=1S/C14H18N2O4S.Na/c1-7(6-17)10-5-16-11(10)4-12(13(16)14(19)20)21-9(3)15-8(2)18;/h11,17H,3-6H2,1-2H3,(H,15,18)(H,19,20);/q;+1/p-1. The Hall–Kier alpha value is -0.730. The molecule has 6 nitrogen and oxygen atoms in total. The number of aliphatic hydroxyl groups is 1. The van der Waals surface area contributed by atoms with Crippen LogP contribution in [-0.4, -0.2) is 41.1 Å². The van der Waals surface area contributed by atoms with Crippen molar-refractivity contribution in [1.82, 2.24) is 10.2 Å². The van der Waals surface area contributed by atoms with Crippen molar-refractivity contribution in [1.29, 1.82) is 0 Å². The van der Waals surface area contributed by atoms with Crippen LogP contribution < -0.4 is 40.0 Å². The SMILES string of the molecule is C=C(NC(C)=O)SC1=C(C(=O)[O-])N2CC(=C(C)CO)C2C1.[Na+]. The van der Waals surface area contributed by atoms with Gasteiger partial charge in [0.15, 0.2) is 0 Å². The van der Waals surface area contributed by atoms with E-state index in [0.29, 0.717) is 22.9 Å². The number of aliphatic carboxylic acids is 1. The number of fused-ring (bicyclic) bond motifs is 1. The molecule has 0 saturated carbocycles. The molecule has 2 aliphatic heterocycles. The van der Waals surface area contributed by atoms with Crippen LogP contribution in [0.25, 0.3) is 0 Å². The molecule has 1 saturated heterocycles. The van der Waals surface area contributed by atoms with E-state index >= 15 is 0 Å². The fraction of sp³-hybridized carbons (Fsp3) is 0.429. The maximum absolute atomic E-state index is 11.3. The van der Waals surface area contributed by atoms with Crippen molar-refractivity contribution >= 4 is 23.6 Å². The molecule has 0 aromatic heterocycles. The number of hydrogen-bond donors (Lipinski definition) is 2. The van der Waals surface area contributed by atoms with Crippen molar-refractivity contribution in [2.75, 3.05) is 13.2 Å². The fourth-order valence-electron chi connectivity index (χ4n) is 2.59. The van der Waals surface area contributed by atoms with E-state index < -0.39 is 5.97 Å². The third-order valence-electron chi connectivity index (χ3n) is 3.59. The molecule has 8 heteroatoms. The summed E-state index contributed by atoms with van der Waals surface area (Å²) in [7, 11) is 0. The molecule has 2 rings (SSSR count). The summed E-state index contributed by atoms with van der Waals surface area (Å²) in [5.74, 6) is -1.47. The van der Waals surface area contributed by atoms with Crippen molar-refractivity contribution in [2.45, 2.75) is 26.3 Å². The van der Waals surface area contributed by atoms with E-state index in [4.69, 9.17) is 0 Å². The first-order chi connectivity index (χ1) is 9.85. The van der Waals surface area contributed by atoms with E-state index in [1.54, 1.807) is 4.90 Å². The van der Waals surface area contributed by atoms with Gasteiger partial charge in [-0.2, -0.15) is 0 Å². The van der Waals surface area contributed by atoms with Crippen molar-refractivity contribution in [3.05, 3.63) is 33.4 Å². The zero-order valence-corrected chi connectivity index (χ0v) is 15.7. The van der Waals surface area contributed by atoms with Crippen LogP contribution in [0.1, 0.15) is 20.3 Å². The quantitative estimate of drug-likeness (QED) is 0.405. The van der Waals surface area contributed by atoms with E-state index in [0.717, 1.165) is 22.9 Å². The van der Waals surface area contributed by atoms with E-state index in [1.165, 1.54) is 6.92 Å². The largest absolute Gasteiger partial charge is 1.00 e. The number of thioether (sulfide) groups is 1. The Morgan fingerprint density at radius 2 is 2.14 bits per heavy atom. The number of carboxylic acid groups (broad SMARTS) is 1. The molecule has 0 aromatic carbocycles. The molecular weight excluding hydrogens is 315 g/mol. The molecule has 2 aliphatic rings. The minimum Gasteiger partial charge on any atom is -0.543 e. The molecule has 0 aromatic rings. The van der Waals surface area contributed by atoms with Gasteiger partial charge in [0.05, 0.1) is 29.3 Å². The smallest absolute Gasteiger partial charge is 0.543 e.